The van der Waals surface area contributed by atoms with Gasteiger partial charge in [0.1, 0.15) is 5.82 Å². The van der Waals surface area contributed by atoms with Crippen molar-refractivity contribution in [2.45, 2.75) is 64.5 Å². The zero-order valence-electron chi connectivity index (χ0n) is 14.6. The first-order valence-electron chi connectivity index (χ1n) is 9.21. The lowest BCUT2D eigenvalue weighted by Gasteiger charge is -2.25. The summed E-state index contributed by atoms with van der Waals surface area (Å²) < 4.78 is 5.57. The van der Waals surface area contributed by atoms with Crippen LogP contribution in [0, 0.1) is 5.92 Å². The van der Waals surface area contributed by atoms with Gasteiger partial charge in [-0.15, -0.1) is 0 Å². The summed E-state index contributed by atoms with van der Waals surface area (Å²) in [5.41, 5.74) is 2.62. The van der Waals surface area contributed by atoms with Gasteiger partial charge >= 0.3 is 0 Å². The Bertz CT molecular complexity index is 477. The van der Waals surface area contributed by atoms with E-state index in [1.807, 2.05) is 0 Å². The highest BCUT2D eigenvalue weighted by Gasteiger charge is 2.30. The predicted molar refractivity (Wildman–Crippen MR) is 90.4 cm³/mol. The molecule has 0 saturated carbocycles. The van der Waals surface area contributed by atoms with E-state index in [1.54, 1.807) is 0 Å². The van der Waals surface area contributed by atoms with Crippen molar-refractivity contribution in [2.75, 3.05) is 26.3 Å². The van der Waals surface area contributed by atoms with Gasteiger partial charge in [0.05, 0.1) is 24.4 Å². The third-order valence-electron chi connectivity index (χ3n) is 4.86. The Balaban J connectivity index is 1.56. The van der Waals surface area contributed by atoms with Gasteiger partial charge in [0, 0.05) is 18.8 Å². The number of rotatable bonds is 7. The lowest BCUT2D eigenvalue weighted by molar-refractivity contribution is 0.00568. The number of fused-ring (bicyclic) bond motifs is 1. The van der Waals surface area contributed by atoms with E-state index in [-0.39, 0.29) is 0 Å². The molecular weight excluding hydrogens is 290 g/mol. The number of nitrogens with zero attached hydrogens (tertiary/aromatic N) is 2. The monoisotopic (exact) mass is 321 g/mol. The summed E-state index contributed by atoms with van der Waals surface area (Å²) in [4.78, 5) is 10.8. The van der Waals surface area contributed by atoms with Crippen LogP contribution in [0.4, 0.5) is 0 Å². The molecule has 3 rings (SSSR count). The second-order valence-corrected chi connectivity index (χ2v) is 7.49. The minimum absolute atomic E-state index is 0.334. The summed E-state index contributed by atoms with van der Waals surface area (Å²) in [6.45, 7) is 7.11. The quantitative estimate of drug-likeness (QED) is 0.810. The molecule has 2 aliphatic rings. The van der Waals surface area contributed by atoms with E-state index in [1.165, 1.54) is 30.7 Å². The third kappa shape index (κ3) is 4.34. The topological polar surface area (TPSA) is 61.4 Å². The third-order valence-corrected chi connectivity index (χ3v) is 4.86. The first-order valence-corrected chi connectivity index (χ1v) is 9.21. The maximum absolute atomic E-state index is 10.3. The molecule has 0 radical (unpaired) electrons. The summed E-state index contributed by atoms with van der Waals surface area (Å²) in [6.07, 6.45) is 6.68. The van der Waals surface area contributed by atoms with E-state index in [2.05, 4.69) is 23.7 Å². The Morgan fingerprint density at radius 1 is 1.26 bits per heavy atom. The number of hydrogen-bond acceptors (Lipinski definition) is 4. The predicted octanol–water partition coefficient (Wildman–Crippen LogP) is 2.46. The van der Waals surface area contributed by atoms with Gasteiger partial charge in [-0.2, -0.15) is 0 Å². The number of likely N-dealkylation sites (tertiary alicyclic amines) is 1. The van der Waals surface area contributed by atoms with Gasteiger partial charge in [0.2, 0.25) is 0 Å². The molecule has 130 valence electrons. The van der Waals surface area contributed by atoms with E-state index in [9.17, 15) is 5.11 Å². The number of β-amino-alcohol motifs (C(OH)–C–C–N with tert-alkyl or cyclic N) is 1. The van der Waals surface area contributed by atoms with Crippen LogP contribution in [-0.2, 0) is 17.6 Å². The number of H-pyrrole nitrogens is 1. The van der Waals surface area contributed by atoms with Crippen LogP contribution >= 0.6 is 0 Å². The van der Waals surface area contributed by atoms with Crippen LogP contribution in [0.3, 0.4) is 0 Å². The van der Waals surface area contributed by atoms with Crippen LogP contribution < -0.4 is 0 Å². The fourth-order valence-electron chi connectivity index (χ4n) is 3.75. The largest absolute Gasteiger partial charge is 0.389 e. The highest BCUT2D eigenvalue weighted by molar-refractivity contribution is 5.19. The molecule has 5 heteroatoms. The molecule has 1 aliphatic heterocycles. The molecule has 0 amide bonds. The summed E-state index contributed by atoms with van der Waals surface area (Å²) in [6, 6.07) is 0.334. The van der Waals surface area contributed by atoms with Gasteiger partial charge in [0.15, 0.2) is 0 Å². The number of aliphatic hydroxyl groups is 1. The summed E-state index contributed by atoms with van der Waals surface area (Å²) >= 11 is 0. The Hall–Kier alpha value is -0.910. The number of nitrogens with one attached hydrogen (secondary N) is 1. The fourth-order valence-corrected chi connectivity index (χ4v) is 3.75. The van der Waals surface area contributed by atoms with Crippen molar-refractivity contribution in [2.24, 2.45) is 5.92 Å². The van der Waals surface area contributed by atoms with E-state index in [4.69, 9.17) is 9.72 Å². The standard InChI is InChI=1S/C18H31N3O2/c1-13(2)11-23-12-14(22)10-21-9-5-8-17(21)18-19-15-6-3-4-7-16(15)20-18/h13-14,17,22H,3-12H2,1-2H3,(H,19,20)/t14-,17-/m1/s1. The molecule has 1 saturated heterocycles. The van der Waals surface area contributed by atoms with E-state index < -0.39 is 6.10 Å². The average Bonchev–Trinajstić information content (AvgIpc) is 3.12. The molecule has 1 fully saturated rings. The molecule has 1 aromatic rings. The van der Waals surface area contributed by atoms with Gasteiger partial charge in [-0.05, 0) is 51.0 Å². The van der Waals surface area contributed by atoms with Crippen LogP contribution in [0.2, 0.25) is 0 Å². The van der Waals surface area contributed by atoms with E-state index in [0.717, 1.165) is 31.6 Å². The van der Waals surface area contributed by atoms with Crippen molar-refractivity contribution in [1.82, 2.24) is 14.9 Å². The van der Waals surface area contributed by atoms with Crippen molar-refractivity contribution in [3.63, 3.8) is 0 Å². The van der Waals surface area contributed by atoms with Crippen LogP contribution in [0.15, 0.2) is 0 Å². The second-order valence-electron chi connectivity index (χ2n) is 7.49. The number of hydrogen-bond donors (Lipinski definition) is 2. The van der Waals surface area contributed by atoms with Crippen molar-refractivity contribution >= 4 is 0 Å². The Morgan fingerprint density at radius 2 is 2.09 bits per heavy atom. The molecule has 5 nitrogen and oxygen atoms in total. The second kappa shape index (κ2) is 7.77. The number of aryl methyl sites for hydroxylation is 2. The SMILES string of the molecule is CC(C)COC[C@H](O)CN1CCC[C@@H]1c1nc2c([nH]1)CCCC2. The molecule has 0 bridgehead atoms. The minimum Gasteiger partial charge on any atom is -0.389 e. The molecule has 2 N–H and O–H groups in total. The highest BCUT2D eigenvalue weighted by Crippen LogP contribution is 2.32. The van der Waals surface area contributed by atoms with Crippen LogP contribution in [0.5, 0.6) is 0 Å². The maximum atomic E-state index is 10.3. The molecule has 1 aromatic heterocycles. The Morgan fingerprint density at radius 3 is 2.87 bits per heavy atom. The van der Waals surface area contributed by atoms with E-state index >= 15 is 0 Å². The lowest BCUT2D eigenvalue weighted by atomic mass is 10.0. The van der Waals surface area contributed by atoms with Gasteiger partial charge in [-0.3, -0.25) is 4.90 Å². The number of imidazole rings is 1. The molecule has 2 atom stereocenters. The normalized spacial score (nSPS) is 23.4. The summed E-state index contributed by atoms with van der Waals surface area (Å²) in [7, 11) is 0. The van der Waals surface area contributed by atoms with E-state index in [0.29, 0.717) is 31.7 Å². The maximum Gasteiger partial charge on any atom is 0.124 e. The molecule has 0 aromatic carbocycles. The number of aliphatic hydroxyl groups excluding tert-OH is 1. The molecule has 2 heterocycles. The van der Waals surface area contributed by atoms with Crippen LogP contribution in [0.25, 0.3) is 0 Å². The smallest absolute Gasteiger partial charge is 0.124 e. The number of aromatic amines is 1. The first kappa shape index (κ1) is 16.9. The average molecular weight is 321 g/mol. The molecular formula is C18H31N3O2. The summed E-state index contributed by atoms with van der Waals surface area (Å²) in [5, 5.41) is 10.3. The van der Waals surface area contributed by atoms with Gasteiger partial charge in [0.25, 0.3) is 0 Å². The zero-order chi connectivity index (χ0) is 16.2. The molecule has 0 spiro atoms. The van der Waals surface area contributed by atoms with Crippen LogP contribution in [0.1, 0.15) is 62.8 Å². The Labute approximate surface area is 139 Å². The van der Waals surface area contributed by atoms with Crippen molar-refractivity contribution in [1.29, 1.82) is 0 Å². The zero-order valence-corrected chi connectivity index (χ0v) is 14.6. The minimum atomic E-state index is -0.418. The lowest BCUT2D eigenvalue weighted by Crippen LogP contribution is -2.35. The Kier molecular flexibility index (Phi) is 5.72. The first-order chi connectivity index (χ1) is 11.1. The summed E-state index contributed by atoms with van der Waals surface area (Å²) in [5.74, 6) is 1.63. The van der Waals surface area contributed by atoms with Crippen LogP contribution in [-0.4, -0.2) is 52.4 Å². The molecule has 0 unspecified atom stereocenters. The number of aromatic nitrogens is 2. The van der Waals surface area contributed by atoms with Crippen molar-refractivity contribution < 1.29 is 9.84 Å². The van der Waals surface area contributed by atoms with Crippen molar-refractivity contribution in [3.05, 3.63) is 17.2 Å². The molecule has 1 aliphatic carbocycles. The van der Waals surface area contributed by atoms with Crippen molar-refractivity contribution in [3.8, 4) is 0 Å². The van der Waals surface area contributed by atoms with Gasteiger partial charge in [-0.25, -0.2) is 4.98 Å². The van der Waals surface area contributed by atoms with Gasteiger partial charge in [-0.1, -0.05) is 13.8 Å². The molecule has 23 heavy (non-hydrogen) atoms. The highest BCUT2D eigenvalue weighted by atomic mass is 16.5. The number of ether oxygens (including phenoxy) is 1. The fraction of sp³-hybridized carbons (Fsp3) is 0.833. The van der Waals surface area contributed by atoms with Gasteiger partial charge < -0.3 is 14.8 Å².